The molecule has 0 bridgehead atoms. The summed E-state index contributed by atoms with van der Waals surface area (Å²) < 4.78 is 22.5. The lowest BCUT2D eigenvalue weighted by atomic mass is 10.1. The number of amides is 1. The smallest absolute Gasteiger partial charge is 0.228 e. The van der Waals surface area contributed by atoms with Crippen LogP contribution in [0.3, 0.4) is 0 Å². The van der Waals surface area contributed by atoms with Crippen molar-refractivity contribution in [3.05, 3.63) is 78.1 Å². The molecule has 170 valence electrons. The highest BCUT2D eigenvalue weighted by Crippen LogP contribution is 2.34. The monoisotopic (exact) mass is 464 g/mol. The third-order valence-corrected chi connectivity index (χ3v) is 5.12. The third-order valence-electron chi connectivity index (χ3n) is 4.40. The highest BCUT2D eigenvalue weighted by molar-refractivity contribution is 7.97. The Balaban J connectivity index is 1.76. The number of nitrogens with one attached hydrogen (secondary N) is 3. The summed E-state index contributed by atoms with van der Waals surface area (Å²) in [6, 6.07) is 18.6. The average molecular weight is 465 g/mol. The Hall–Kier alpha value is -3.49. The first-order valence-corrected chi connectivity index (χ1v) is 11.1. The predicted molar refractivity (Wildman–Crippen MR) is 133 cm³/mol. The van der Waals surface area contributed by atoms with Gasteiger partial charge in [0.2, 0.25) is 5.91 Å². The lowest BCUT2D eigenvalue weighted by Crippen LogP contribution is -2.14. The number of anilines is 1. The summed E-state index contributed by atoms with van der Waals surface area (Å²) in [6.07, 6.45) is 2.25. The van der Waals surface area contributed by atoms with E-state index in [1.165, 1.54) is 24.1 Å². The second kappa shape index (κ2) is 11.9. The summed E-state index contributed by atoms with van der Waals surface area (Å²) in [5.74, 6) is 0.0976. The van der Waals surface area contributed by atoms with Crippen LogP contribution >= 0.6 is 11.9 Å². The van der Waals surface area contributed by atoms with E-state index in [-0.39, 0.29) is 12.3 Å². The summed E-state index contributed by atoms with van der Waals surface area (Å²) >= 11 is 1.51. The molecule has 3 N–H and O–H groups in total. The number of hydrogen-bond acceptors (Lipinski definition) is 6. The van der Waals surface area contributed by atoms with Crippen LogP contribution in [-0.2, 0) is 11.2 Å². The van der Waals surface area contributed by atoms with Crippen LogP contribution in [0.5, 0.6) is 11.5 Å². The minimum Gasteiger partial charge on any atom is -0.455 e. The molecular formula is C25H25FN4O2S. The lowest BCUT2D eigenvalue weighted by Gasteiger charge is -2.12. The minimum atomic E-state index is -0.416. The van der Waals surface area contributed by atoms with Gasteiger partial charge in [-0.15, -0.1) is 0 Å². The van der Waals surface area contributed by atoms with Crippen molar-refractivity contribution in [2.24, 2.45) is 4.99 Å². The molecule has 0 saturated heterocycles. The Morgan fingerprint density at radius 2 is 1.94 bits per heavy atom. The van der Waals surface area contributed by atoms with Gasteiger partial charge in [0, 0.05) is 41.1 Å². The fourth-order valence-electron chi connectivity index (χ4n) is 2.90. The number of aliphatic imine (C=N–C) groups is 1. The highest BCUT2D eigenvalue weighted by Gasteiger charge is 2.10. The van der Waals surface area contributed by atoms with Crippen molar-refractivity contribution in [2.75, 3.05) is 12.4 Å². The van der Waals surface area contributed by atoms with Gasteiger partial charge in [0.1, 0.15) is 17.3 Å². The zero-order valence-electron chi connectivity index (χ0n) is 18.4. The van der Waals surface area contributed by atoms with E-state index >= 15 is 0 Å². The van der Waals surface area contributed by atoms with E-state index in [2.05, 4.69) is 15.0 Å². The number of carbonyl (C=O) groups excluding carboxylic acids is 1. The van der Waals surface area contributed by atoms with Crippen molar-refractivity contribution in [3.63, 3.8) is 0 Å². The molecule has 0 aliphatic rings. The van der Waals surface area contributed by atoms with Gasteiger partial charge in [-0.2, -0.15) is 0 Å². The quantitative estimate of drug-likeness (QED) is 0.248. The van der Waals surface area contributed by atoms with Gasteiger partial charge in [0.05, 0.1) is 6.42 Å². The van der Waals surface area contributed by atoms with E-state index in [1.807, 2.05) is 31.3 Å². The molecule has 8 heteroatoms. The molecular weight excluding hydrogens is 439 g/mol. The molecule has 3 aromatic carbocycles. The van der Waals surface area contributed by atoms with E-state index < -0.39 is 5.82 Å². The lowest BCUT2D eigenvalue weighted by molar-refractivity contribution is -0.115. The van der Waals surface area contributed by atoms with Crippen LogP contribution in [0.2, 0.25) is 0 Å². The van der Waals surface area contributed by atoms with Gasteiger partial charge in [-0.25, -0.2) is 4.39 Å². The number of hydrogen-bond donors (Lipinski definition) is 3. The van der Waals surface area contributed by atoms with Crippen LogP contribution in [0, 0.1) is 11.2 Å². The van der Waals surface area contributed by atoms with Crippen LogP contribution in [0.25, 0.3) is 0 Å². The van der Waals surface area contributed by atoms with Crippen LogP contribution in [0.4, 0.5) is 15.8 Å². The van der Waals surface area contributed by atoms with Crippen LogP contribution in [0.15, 0.2) is 76.6 Å². The first-order valence-electron chi connectivity index (χ1n) is 10.3. The summed E-state index contributed by atoms with van der Waals surface area (Å²) in [5, 5.41) is 10.4. The van der Waals surface area contributed by atoms with Gasteiger partial charge >= 0.3 is 0 Å². The highest BCUT2D eigenvalue weighted by atomic mass is 32.2. The number of benzene rings is 3. The van der Waals surface area contributed by atoms with E-state index in [0.717, 1.165) is 10.5 Å². The molecule has 0 saturated carbocycles. The zero-order valence-corrected chi connectivity index (χ0v) is 19.2. The van der Waals surface area contributed by atoms with Crippen LogP contribution in [-0.4, -0.2) is 24.9 Å². The van der Waals surface area contributed by atoms with Gasteiger partial charge in [0.25, 0.3) is 0 Å². The normalized spacial score (nSPS) is 10.9. The summed E-state index contributed by atoms with van der Waals surface area (Å²) in [6.45, 7) is 1.70. The van der Waals surface area contributed by atoms with Crippen molar-refractivity contribution < 1.29 is 13.9 Å². The Labute approximate surface area is 196 Å². The number of halogens is 1. The average Bonchev–Trinajstić information content (AvgIpc) is 2.76. The maximum Gasteiger partial charge on any atom is 0.228 e. The second-order valence-corrected chi connectivity index (χ2v) is 8.30. The van der Waals surface area contributed by atoms with Crippen LogP contribution < -0.4 is 14.8 Å². The summed E-state index contributed by atoms with van der Waals surface area (Å²) in [7, 11) is 1.85. The van der Waals surface area contributed by atoms with Crippen molar-refractivity contribution in [1.29, 1.82) is 5.41 Å². The van der Waals surface area contributed by atoms with Gasteiger partial charge < -0.3 is 15.5 Å². The van der Waals surface area contributed by atoms with E-state index in [4.69, 9.17) is 10.1 Å². The predicted octanol–water partition coefficient (Wildman–Crippen LogP) is 6.16. The minimum absolute atomic E-state index is 0.170. The van der Waals surface area contributed by atoms with Crippen molar-refractivity contribution in [1.82, 2.24) is 4.72 Å². The molecule has 3 rings (SSSR count). The molecule has 6 nitrogen and oxygen atoms in total. The maximum atomic E-state index is 13.6. The van der Waals surface area contributed by atoms with E-state index in [9.17, 15) is 9.18 Å². The van der Waals surface area contributed by atoms with Crippen molar-refractivity contribution in [2.45, 2.75) is 24.7 Å². The largest absolute Gasteiger partial charge is 0.455 e. The SMILES string of the molecule is CNSc1ccc(CC(=O)Nc2ccc(N=CCC(C)=N)c(Oc3cccc(F)c3)c2)cc1. The van der Waals surface area contributed by atoms with Gasteiger partial charge in [0.15, 0.2) is 5.75 Å². The molecule has 0 unspecified atom stereocenters. The summed E-state index contributed by atoms with van der Waals surface area (Å²) in [5.41, 5.74) is 2.42. The molecule has 0 aromatic heterocycles. The number of carbonyl (C=O) groups is 1. The maximum absolute atomic E-state index is 13.6. The molecule has 0 atom stereocenters. The number of nitrogens with zero attached hydrogens (tertiary/aromatic N) is 1. The Kier molecular flexibility index (Phi) is 8.74. The first kappa shape index (κ1) is 24.2. The van der Waals surface area contributed by atoms with Crippen molar-refractivity contribution in [3.8, 4) is 11.5 Å². The Morgan fingerprint density at radius 3 is 2.64 bits per heavy atom. The fraction of sp³-hybridized carbons (Fsp3) is 0.160. The molecule has 0 heterocycles. The molecule has 0 aliphatic carbocycles. The Morgan fingerprint density at radius 1 is 1.15 bits per heavy atom. The second-order valence-electron chi connectivity index (χ2n) is 7.21. The van der Waals surface area contributed by atoms with Gasteiger partial charge in [-0.3, -0.25) is 14.5 Å². The molecule has 33 heavy (non-hydrogen) atoms. The van der Waals surface area contributed by atoms with E-state index in [0.29, 0.717) is 35.0 Å². The molecule has 0 aliphatic heterocycles. The van der Waals surface area contributed by atoms with Gasteiger partial charge in [-0.1, -0.05) is 18.2 Å². The van der Waals surface area contributed by atoms with Gasteiger partial charge in [-0.05, 0) is 67.9 Å². The topological polar surface area (TPSA) is 86.6 Å². The molecule has 3 aromatic rings. The summed E-state index contributed by atoms with van der Waals surface area (Å²) in [4.78, 5) is 18.0. The molecule has 1 amide bonds. The number of ether oxygens (including phenoxy) is 1. The van der Waals surface area contributed by atoms with Crippen LogP contribution in [0.1, 0.15) is 18.9 Å². The molecule has 0 spiro atoms. The zero-order chi connectivity index (χ0) is 23.6. The first-order chi connectivity index (χ1) is 15.9. The standard InChI is InChI=1S/C25H25FN4O2S/c1-17(27)12-13-29-23-11-8-20(16-24(23)32-21-5-3-4-19(26)15-21)30-25(31)14-18-6-9-22(10-7-18)33-28-2/h3-11,13,15-16,27-28H,12,14H2,1-2H3,(H,30,31). The molecule has 0 fully saturated rings. The van der Waals surface area contributed by atoms with E-state index in [1.54, 1.807) is 43.5 Å². The van der Waals surface area contributed by atoms with Crippen molar-refractivity contribution >= 4 is 41.2 Å². The third kappa shape index (κ3) is 7.85. The molecule has 0 radical (unpaired) electrons. The fourth-order valence-corrected chi connectivity index (χ4v) is 3.41. The Bertz CT molecular complexity index is 1150. The number of rotatable bonds is 10.